The Bertz CT molecular complexity index is 234. The van der Waals surface area contributed by atoms with E-state index in [1.807, 2.05) is 0 Å². The van der Waals surface area contributed by atoms with Crippen molar-refractivity contribution in [3.8, 4) is 0 Å². The van der Waals surface area contributed by atoms with Gasteiger partial charge in [-0.1, -0.05) is 6.42 Å². The van der Waals surface area contributed by atoms with Crippen LogP contribution < -0.4 is 5.32 Å². The van der Waals surface area contributed by atoms with Crippen LogP contribution in [0.5, 0.6) is 0 Å². The van der Waals surface area contributed by atoms with Gasteiger partial charge in [0, 0.05) is 19.1 Å². The Morgan fingerprint density at radius 3 is 2.76 bits per heavy atom. The first kappa shape index (κ1) is 13.3. The van der Waals surface area contributed by atoms with Crippen molar-refractivity contribution in [3.63, 3.8) is 0 Å². The number of hydrogen-bond acceptors (Lipinski definition) is 3. The molecule has 0 aromatic heterocycles. The van der Waals surface area contributed by atoms with Gasteiger partial charge in [0.25, 0.3) is 0 Å². The van der Waals surface area contributed by atoms with Crippen LogP contribution in [-0.4, -0.2) is 48.8 Å². The number of nitrogens with zero attached hydrogens (tertiary/aromatic N) is 1. The van der Waals surface area contributed by atoms with Gasteiger partial charge in [-0.2, -0.15) is 0 Å². The first-order valence-corrected chi connectivity index (χ1v) is 7.27. The van der Waals surface area contributed by atoms with E-state index >= 15 is 0 Å². The molecular formula is C14H28N2O. The second-order valence-electron chi connectivity index (χ2n) is 6.12. The van der Waals surface area contributed by atoms with E-state index in [1.165, 1.54) is 38.8 Å². The molecule has 0 aromatic carbocycles. The highest BCUT2D eigenvalue weighted by Crippen LogP contribution is 2.25. The lowest BCUT2D eigenvalue weighted by molar-refractivity contribution is 0.123. The van der Waals surface area contributed by atoms with Gasteiger partial charge in [0.05, 0.1) is 6.10 Å². The van der Waals surface area contributed by atoms with Crippen LogP contribution in [0.4, 0.5) is 0 Å². The van der Waals surface area contributed by atoms with Gasteiger partial charge in [0.15, 0.2) is 0 Å². The summed E-state index contributed by atoms with van der Waals surface area (Å²) in [5.41, 5.74) is 0. The first-order valence-electron chi connectivity index (χ1n) is 7.27. The summed E-state index contributed by atoms with van der Waals surface area (Å²) >= 11 is 0. The average Bonchev–Trinajstić information content (AvgIpc) is 2.72. The SMILES string of the molecule is CC(NCC1CCCC1O)C1CCCN(C)C1. The molecule has 2 fully saturated rings. The highest BCUT2D eigenvalue weighted by Gasteiger charge is 2.27. The van der Waals surface area contributed by atoms with Crippen molar-refractivity contribution >= 4 is 0 Å². The van der Waals surface area contributed by atoms with E-state index in [0.717, 1.165) is 18.9 Å². The highest BCUT2D eigenvalue weighted by molar-refractivity contribution is 4.83. The number of piperidine rings is 1. The van der Waals surface area contributed by atoms with Crippen LogP contribution in [0.1, 0.15) is 39.0 Å². The van der Waals surface area contributed by atoms with Gasteiger partial charge in [-0.25, -0.2) is 0 Å². The van der Waals surface area contributed by atoms with Gasteiger partial charge in [-0.15, -0.1) is 0 Å². The monoisotopic (exact) mass is 240 g/mol. The lowest BCUT2D eigenvalue weighted by atomic mass is 9.91. The first-order chi connectivity index (χ1) is 8.16. The Morgan fingerprint density at radius 2 is 2.12 bits per heavy atom. The van der Waals surface area contributed by atoms with Crippen LogP contribution in [0, 0.1) is 11.8 Å². The Balaban J connectivity index is 1.71. The Morgan fingerprint density at radius 1 is 1.29 bits per heavy atom. The van der Waals surface area contributed by atoms with Gasteiger partial charge in [-0.3, -0.25) is 0 Å². The zero-order chi connectivity index (χ0) is 12.3. The molecule has 0 amide bonds. The summed E-state index contributed by atoms with van der Waals surface area (Å²) in [4.78, 5) is 2.44. The van der Waals surface area contributed by atoms with Crippen LogP contribution in [0.2, 0.25) is 0 Å². The molecule has 2 rings (SSSR count). The van der Waals surface area contributed by atoms with Gasteiger partial charge < -0.3 is 15.3 Å². The van der Waals surface area contributed by atoms with Crippen molar-refractivity contribution in [1.29, 1.82) is 0 Å². The summed E-state index contributed by atoms with van der Waals surface area (Å²) in [5, 5.41) is 13.5. The Hall–Kier alpha value is -0.120. The molecule has 0 radical (unpaired) electrons. The van der Waals surface area contributed by atoms with Crippen molar-refractivity contribution in [2.24, 2.45) is 11.8 Å². The van der Waals surface area contributed by atoms with E-state index in [-0.39, 0.29) is 6.10 Å². The third kappa shape index (κ3) is 3.67. The maximum absolute atomic E-state index is 9.81. The number of aliphatic hydroxyl groups is 1. The molecule has 17 heavy (non-hydrogen) atoms. The van der Waals surface area contributed by atoms with E-state index in [0.29, 0.717) is 12.0 Å². The molecule has 0 bridgehead atoms. The molecule has 3 heteroatoms. The zero-order valence-corrected chi connectivity index (χ0v) is 11.4. The fraction of sp³-hybridized carbons (Fsp3) is 1.00. The number of rotatable bonds is 4. The highest BCUT2D eigenvalue weighted by atomic mass is 16.3. The molecule has 4 atom stereocenters. The van der Waals surface area contributed by atoms with Crippen LogP contribution in [-0.2, 0) is 0 Å². The minimum atomic E-state index is -0.0521. The summed E-state index contributed by atoms with van der Waals surface area (Å²) < 4.78 is 0. The lowest BCUT2D eigenvalue weighted by Crippen LogP contribution is -2.44. The number of nitrogens with one attached hydrogen (secondary N) is 1. The largest absolute Gasteiger partial charge is 0.393 e. The quantitative estimate of drug-likeness (QED) is 0.781. The molecule has 1 heterocycles. The van der Waals surface area contributed by atoms with Crippen LogP contribution in [0.3, 0.4) is 0 Å². The van der Waals surface area contributed by atoms with Crippen molar-refractivity contribution in [3.05, 3.63) is 0 Å². The molecule has 1 aliphatic carbocycles. The molecule has 0 spiro atoms. The van der Waals surface area contributed by atoms with Crippen molar-refractivity contribution in [2.75, 3.05) is 26.7 Å². The number of likely N-dealkylation sites (tertiary alicyclic amines) is 1. The van der Waals surface area contributed by atoms with Crippen molar-refractivity contribution < 1.29 is 5.11 Å². The van der Waals surface area contributed by atoms with E-state index in [1.54, 1.807) is 0 Å². The predicted molar refractivity (Wildman–Crippen MR) is 71.0 cm³/mol. The third-order valence-corrected chi connectivity index (χ3v) is 4.69. The van der Waals surface area contributed by atoms with Crippen molar-refractivity contribution in [2.45, 2.75) is 51.2 Å². The predicted octanol–water partition coefficient (Wildman–Crippen LogP) is 1.47. The van der Waals surface area contributed by atoms with Gasteiger partial charge in [-0.05, 0) is 58.0 Å². The second kappa shape index (κ2) is 6.17. The number of hydrogen-bond donors (Lipinski definition) is 2. The molecular weight excluding hydrogens is 212 g/mol. The zero-order valence-electron chi connectivity index (χ0n) is 11.4. The Kier molecular flexibility index (Phi) is 4.83. The molecule has 3 nitrogen and oxygen atoms in total. The maximum Gasteiger partial charge on any atom is 0.0580 e. The maximum atomic E-state index is 9.81. The second-order valence-corrected chi connectivity index (χ2v) is 6.12. The van der Waals surface area contributed by atoms with Crippen LogP contribution in [0.15, 0.2) is 0 Å². The molecule has 1 aliphatic heterocycles. The fourth-order valence-electron chi connectivity index (χ4n) is 3.37. The van der Waals surface area contributed by atoms with E-state index in [4.69, 9.17) is 0 Å². The van der Waals surface area contributed by atoms with Crippen molar-refractivity contribution in [1.82, 2.24) is 10.2 Å². The summed E-state index contributed by atoms with van der Waals surface area (Å²) in [7, 11) is 2.22. The standard InChI is InChI=1S/C14H28N2O/c1-11(13-6-4-8-16(2)10-13)15-9-12-5-3-7-14(12)17/h11-15,17H,3-10H2,1-2H3. The molecule has 4 unspecified atom stereocenters. The summed E-state index contributed by atoms with van der Waals surface area (Å²) in [6.07, 6.45) is 6.04. The third-order valence-electron chi connectivity index (χ3n) is 4.69. The molecule has 0 aromatic rings. The van der Waals surface area contributed by atoms with E-state index in [2.05, 4.69) is 24.2 Å². The minimum absolute atomic E-state index is 0.0521. The van der Waals surface area contributed by atoms with Crippen LogP contribution >= 0.6 is 0 Å². The molecule has 1 saturated heterocycles. The average molecular weight is 240 g/mol. The topological polar surface area (TPSA) is 35.5 Å². The number of aliphatic hydroxyl groups excluding tert-OH is 1. The molecule has 2 N–H and O–H groups in total. The van der Waals surface area contributed by atoms with Gasteiger partial charge >= 0.3 is 0 Å². The van der Waals surface area contributed by atoms with Crippen LogP contribution in [0.25, 0.3) is 0 Å². The Labute approximate surface area is 106 Å². The fourth-order valence-corrected chi connectivity index (χ4v) is 3.37. The van der Waals surface area contributed by atoms with E-state index in [9.17, 15) is 5.11 Å². The molecule has 100 valence electrons. The van der Waals surface area contributed by atoms with E-state index < -0.39 is 0 Å². The molecule has 1 saturated carbocycles. The van der Waals surface area contributed by atoms with Gasteiger partial charge in [0.2, 0.25) is 0 Å². The minimum Gasteiger partial charge on any atom is -0.393 e. The lowest BCUT2D eigenvalue weighted by Gasteiger charge is -2.34. The summed E-state index contributed by atoms with van der Waals surface area (Å²) in [6, 6.07) is 0.588. The smallest absolute Gasteiger partial charge is 0.0580 e. The summed E-state index contributed by atoms with van der Waals surface area (Å²) in [6.45, 7) is 5.79. The normalized spacial score (nSPS) is 37.2. The summed E-state index contributed by atoms with van der Waals surface area (Å²) in [5.74, 6) is 1.28. The van der Waals surface area contributed by atoms with Gasteiger partial charge in [0.1, 0.15) is 0 Å². The molecule has 2 aliphatic rings.